The van der Waals surface area contributed by atoms with Crippen molar-refractivity contribution < 1.29 is 31.1 Å². The van der Waals surface area contributed by atoms with Gasteiger partial charge in [-0.15, -0.1) is 0 Å². The molecule has 0 radical (unpaired) electrons. The number of sulfonamides is 1. The predicted molar refractivity (Wildman–Crippen MR) is 98.0 cm³/mol. The molecule has 0 bridgehead atoms. The smallest absolute Gasteiger partial charge is 0.423 e. The Morgan fingerprint density at radius 2 is 1.64 bits per heavy atom. The topological polar surface area (TPSA) is 63.7 Å². The van der Waals surface area contributed by atoms with Gasteiger partial charge in [0.05, 0.1) is 24.1 Å². The van der Waals surface area contributed by atoms with Crippen LogP contribution in [-0.4, -0.2) is 32.5 Å². The minimum atomic E-state index is -4.44. The number of ether oxygens (including phenoxy) is 1. The zero-order valence-corrected chi connectivity index (χ0v) is 15.9. The lowest BCUT2D eigenvalue weighted by atomic mass is 10.1. The van der Waals surface area contributed by atoms with Crippen molar-refractivity contribution in [2.24, 2.45) is 0 Å². The van der Waals surface area contributed by atoms with Gasteiger partial charge < -0.3 is 4.74 Å². The molecule has 0 unspecified atom stereocenters. The van der Waals surface area contributed by atoms with Crippen LogP contribution < -0.4 is 0 Å². The molecule has 28 heavy (non-hydrogen) atoms. The number of alkyl halides is 3. The van der Waals surface area contributed by atoms with Crippen LogP contribution in [0, 0.1) is 6.92 Å². The molecule has 0 N–H and O–H groups in total. The quantitative estimate of drug-likeness (QED) is 0.725. The van der Waals surface area contributed by atoms with Gasteiger partial charge in [-0.1, -0.05) is 42.0 Å². The molecule has 150 valence electrons. The average Bonchev–Trinajstić information content (AvgIpc) is 2.64. The van der Waals surface area contributed by atoms with Gasteiger partial charge in [0.15, 0.2) is 0 Å². The van der Waals surface area contributed by atoms with Crippen LogP contribution >= 0.6 is 0 Å². The van der Waals surface area contributed by atoms with Crippen molar-refractivity contribution in [1.82, 2.24) is 4.31 Å². The summed E-state index contributed by atoms with van der Waals surface area (Å²) in [7, 11) is -3.10. The van der Waals surface area contributed by atoms with Gasteiger partial charge in [-0.05, 0) is 36.8 Å². The number of hydrogen-bond acceptors (Lipinski definition) is 4. The summed E-state index contributed by atoms with van der Waals surface area (Å²) in [6, 6.07) is 10.3. The fraction of sp³-hybridized carbons (Fsp3) is 0.211. The van der Waals surface area contributed by atoms with Crippen LogP contribution in [0.1, 0.15) is 16.7 Å². The van der Waals surface area contributed by atoms with Gasteiger partial charge in [0, 0.05) is 0 Å². The van der Waals surface area contributed by atoms with E-state index >= 15 is 0 Å². The Bertz CT molecular complexity index is 950. The first-order valence-electron chi connectivity index (χ1n) is 8.07. The van der Waals surface area contributed by atoms with E-state index in [9.17, 15) is 26.4 Å². The molecule has 0 aliphatic carbocycles. The first kappa shape index (κ1) is 21.5. The van der Waals surface area contributed by atoms with Crippen LogP contribution in [0.5, 0.6) is 0 Å². The van der Waals surface area contributed by atoms with Crippen molar-refractivity contribution in [3.05, 3.63) is 71.3 Å². The van der Waals surface area contributed by atoms with E-state index in [-0.39, 0.29) is 11.4 Å². The molecular weight excluding hydrogens is 395 g/mol. The lowest BCUT2D eigenvalue weighted by molar-refractivity contribution is -0.137. The van der Waals surface area contributed by atoms with E-state index in [1.807, 2.05) is 0 Å². The van der Waals surface area contributed by atoms with E-state index in [4.69, 9.17) is 0 Å². The Balaban J connectivity index is 2.22. The van der Waals surface area contributed by atoms with Gasteiger partial charge in [0.2, 0.25) is 0 Å². The van der Waals surface area contributed by atoms with Crippen LogP contribution in [-0.2, 0) is 20.9 Å². The predicted octanol–water partition coefficient (Wildman–Crippen LogP) is 4.48. The summed E-state index contributed by atoms with van der Waals surface area (Å²) in [5.41, 5.74) is 0.485. The average molecular weight is 413 g/mol. The zero-order chi connectivity index (χ0) is 20.9. The zero-order valence-electron chi connectivity index (χ0n) is 15.1. The number of benzene rings is 2. The molecule has 1 amide bonds. The second-order valence-corrected chi connectivity index (χ2v) is 7.70. The summed E-state index contributed by atoms with van der Waals surface area (Å²) in [5.74, 6) is 0. The highest BCUT2D eigenvalue weighted by atomic mass is 32.2. The third-order valence-corrected chi connectivity index (χ3v) is 5.55. The summed E-state index contributed by atoms with van der Waals surface area (Å²) < 4.78 is 68.2. The highest BCUT2D eigenvalue weighted by molar-refractivity contribution is 7.89. The normalized spacial score (nSPS) is 12.2. The maximum atomic E-state index is 12.7. The number of carbonyl (C=O) groups is 1. The summed E-state index contributed by atoms with van der Waals surface area (Å²) in [4.78, 5) is 11.9. The third kappa shape index (κ3) is 5.13. The Labute approximate surface area is 161 Å². The number of rotatable bonds is 5. The van der Waals surface area contributed by atoms with Gasteiger partial charge in [-0.25, -0.2) is 13.2 Å². The Kier molecular flexibility index (Phi) is 6.50. The van der Waals surface area contributed by atoms with Gasteiger partial charge in [0.1, 0.15) is 0 Å². The molecule has 0 aliphatic heterocycles. The Morgan fingerprint density at radius 1 is 1.07 bits per heavy atom. The number of amides is 1. The SMILES string of the molecule is COC(=O)N(C/C=C/c1ccc(C(F)(F)F)cc1)S(=O)(=O)c1ccc(C)cc1. The molecular formula is C19H18F3NO4S. The molecule has 2 rings (SSSR count). The van der Waals surface area contributed by atoms with E-state index in [2.05, 4.69) is 4.74 Å². The second-order valence-electron chi connectivity index (χ2n) is 5.84. The van der Waals surface area contributed by atoms with Crippen LogP contribution in [0.3, 0.4) is 0 Å². The standard InChI is InChI=1S/C19H18F3NO4S/c1-14-5-11-17(12-6-14)28(25,26)23(18(24)27-2)13-3-4-15-7-9-16(10-8-15)19(20,21)22/h3-12H,13H2,1-2H3/b4-3+. The lowest BCUT2D eigenvalue weighted by Gasteiger charge is -2.19. The number of hydrogen-bond donors (Lipinski definition) is 0. The van der Waals surface area contributed by atoms with Gasteiger partial charge in [-0.3, -0.25) is 0 Å². The van der Waals surface area contributed by atoms with Crippen LogP contribution in [0.4, 0.5) is 18.0 Å². The highest BCUT2D eigenvalue weighted by Crippen LogP contribution is 2.29. The van der Waals surface area contributed by atoms with Crippen molar-refractivity contribution in [3.8, 4) is 0 Å². The summed E-state index contributed by atoms with van der Waals surface area (Å²) in [6.07, 6.45) is -2.74. The Morgan fingerprint density at radius 3 is 2.14 bits per heavy atom. The number of aryl methyl sites for hydroxylation is 1. The summed E-state index contributed by atoms with van der Waals surface area (Å²) >= 11 is 0. The van der Waals surface area contributed by atoms with Gasteiger partial charge in [0.25, 0.3) is 10.0 Å². The maximum absolute atomic E-state index is 12.7. The van der Waals surface area contributed by atoms with Gasteiger partial charge >= 0.3 is 12.3 Å². The fourth-order valence-electron chi connectivity index (χ4n) is 2.28. The molecule has 0 aromatic heterocycles. The summed E-state index contributed by atoms with van der Waals surface area (Å²) in [5, 5.41) is 0. The fourth-order valence-corrected chi connectivity index (χ4v) is 3.57. The first-order chi connectivity index (χ1) is 13.1. The van der Waals surface area contributed by atoms with Crippen molar-refractivity contribution in [3.63, 3.8) is 0 Å². The number of methoxy groups -OCH3 is 1. The van der Waals surface area contributed by atoms with Crippen LogP contribution in [0.2, 0.25) is 0 Å². The van der Waals surface area contributed by atoms with E-state index in [0.717, 1.165) is 24.8 Å². The third-order valence-electron chi connectivity index (χ3n) is 3.81. The lowest BCUT2D eigenvalue weighted by Crippen LogP contribution is -2.37. The Hall–Kier alpha value is -2.81. The summed E-state index contributed by atoms with van der Waals surface area (Å²) in [6.45, 7) is 1.45. The van der Waals surface area contributed by atoms with Crippen molar-refractivity contribution in [1.29, 1.82) is 0 Å². The highest BCUT2D eigenvalue weighted by Gasteiger charge is 2.30. The van der Waals surface area contributed by atoms with Gasteiger partial charge in [-0.2, -0.15) is 17.5 Å². The molecule has 0 atom stereocenters. The van der Waals surface area contributed by atoms with E-state index in [0.29, 0.717) is 9.87 Å². The van der Waals surface area contributed by atoms with Crippen molar-refractivity contribution >= 4 is 22.2 Å². The monoisotopic (exact) mass is 413 g/mol. The van der Waals surface area contributed by atoms with Crippen LogP contribution in [0.15, 0.2) is 59.5 Å². The molecule has 2 aromatic rings. The van der Waals surface area contributed by atoms with E-state index in [1.165, 1.54) is 36.4 Å². The molecule has 0 fully saturated rings. The molecule has 2 aromatic carbocycles. The molecule has 5 nitrogen and oxygen atoms in total. The molecule has 0 spiro atoms. The van der Waals surface area contributed by atoms with Crippen molar-refractivity contribution in [2.45, 2.75) is 18.0 Å². The van der Waals surface area contributed by atoms with E-state index in [1.54, 1.807) is 19.1 Å². The largest absolute Gasteiger partial charge is 0.452 e. The second kappa shape index (κ2) is 8.47. The molecule has 0 aliphatic rings. The number of halogens is 3. The minimum absolute atomic E-state index is 0.0774. The number of carbonyl (C=O) groups excluding carboxylic acids is 1. The van der Waals surface area contributed by atoms with Crippen LogP contribution in [0.25, 0.3) is 6.08 Å². The molecule has 0 heterocycles. The van der Waals surface area contributed by atoms with Crippen molar-refractivity contribution in [2.75, 3.05) is 13.7 Å². The first-order valence-corrected chi connectivity index (χ1v) is 9.51. The molecule has 0 saturated carbocycles. The van der Waals surface area contributed by atoms with E-state index < -0.39 is 27.9 Å². The molecule has 9 heteroatoms. The minimum Gasteiger partial charge on any atom is -0.452 e. The maximum Gasteiger partial charge on any atom is 0.423 e. The molecule has 0 saturated heterocycles. The number of nitrogens with zero attached hydrogens (tertiary/aromatic N) is 1.